The molecule has 0 aromatic heterocycles. The van der Waals surface area contributed by atoms with Gasteiger partial charge in [-0.1, -0.05) is 12.1 Å². The van der Waals surface area contributed by atoms with E-state index in [1.54, 1.807) is 25.1 Å². The molecule has 2 rings (SSSR count). The number of para-hydroxylation sites is 2. The Morgan fingerprint density at radius 3 is 2.38 bits per heavy atom. The normalized spacial score (nSPS) is 10.2. The third-order valence-electron chi connectivity index (χ3n) is 2.80. The zero-order valence-corrected chi connectivity index (χ0v) is 14.5. The molecule has 0 spiro atoms. The quantitative estimate of drug-likeness (QED) is 0.562. The average Bonchev–Trinajstić information content (AvgIpc) is 2.44. The summed E-state index contributed by atoms with van der Waals surface area (Å²) in [4.78, 5) is 12.0. The van der Waals surface area contributed by atoms with E-state index >= 15 is 0 Å². The van der Waals surface area contributed by atoms with Crippen molar-refractivity contribution in [2.24, 2.45) is 0 Å². The molecule has 6 heteroatoms. The van der Waals surface area contributed by atoms with Crippen molar-refractivity contribution in [1.82, 2.24) is 0 Å². The van der Waals surface area contributed by atoms with Crippen molar-refractivity contribution in [3.8, 4) is 0 Å². The van der Waals surface area contributed by atoms with Gasteiger partial charge in [0.15, 0.2) is 0 Å². The Morgan fingerprint density at radius 1 is 1.14 bits per heavy atom. The van der Waals surface area contributed by atoms with E-state index in [9.17, 15) is 4.79 Å². The summed E-state index contributed by atoms with van der Waals surface area (Å²) < 4.78 is 6.78. The first-order valence-electron chi connectivity index (χ1n) is 6.31. The zero-order chi connectivity index (χ0) is 15.4. The van der Waals surface area contributed by atoms with Gasteiger partial charge in [-0.2, -0.15) is 0 Å². The molecule has 0 fully saturated rings. The van der Waals surface area contributed by atoms with Crippen LogP contribution in [0.4, 0.5) is 17.1 Å². The van der Waals surface area contributed by atoms with Gasteiger partial charge in [0.1, 0.15) is 0 Å². The molecule has 0 aliphatic carbocycles. The van der Waals surface area contributed by atoms with Crippen molar-refractivity contribution in [2.75, 3.05) is 17.7 Å². The summed E-state index contributed by atoms with van der Waals surface area (Å²) in [5, 5.41) is 3.20. The van der Waals surface area contributed by atoms with E-state index in [0.29, 0.717) is 23.5 Å². The summed E-state index contributed by atoms with van der Waals surface area (Å²) in [6.07, 6.45) is 0. The Balaban J connectivity index is 2.46. The Labute approximate surface area is 139 Å². The van der Waals surface area contributed by atoms with Crippen molar-refractivity contribution < 1.29 is 9.53 Å². The Bertz CT molecular complexity index is 654. The number of hydrogen-bond acceptors (Lipinski definition) is 4. The fourth-order valence-electron chi connectivity index (χ4n) is 1.83. The number of esters is 1. The molecule has 2 aromatic rings. The second-order valence-electron chi connectivity index (χ2n) is 4.21. The van der Waals surface area contributed by atoms with Crippen LogP contribution in [0.2, 0.25) is 0 Å². The maximum absolute atomic E-state index is 12.0. The van der Waals surface area contributed by atoms with Gasteiger partial charge in [-0.3, -0.25) is 0 Å². The summed E-state index contributed by atoms with van der Waals surface area (Å²) in [7, 11) is 0. The minimum Gasteiger partial charge on any atom is -0.462 e. The van der Waals surface area contributed by atoms with Crippen LogP contribution in [0, 0.1) is 0 Å². The fraction of sp³-hybridized carbons (Fsp3) is 0.133. The topological polar surface area (TPSA) is 64.3 Å². The zero-order valence-electron chi connectivity index (χ0n) is 11.3. The highest BCUT2D eigenvalue weighted by Crippen LogP contribution is 2.36. The highest BCUT2D eigenvalue weighted by molar-refractivity contribution is 9.11. The molecule has 21 heavy (non-hydrogen) atoms. The van der Waals surface area contributed by atoms with E-state index in [1.165, 1.54) is 0 Å². The minimum absolute atomic E-state index is 0.311. The molecular weight excluding hydrogens is 400 g/mol. The number of benzene rings is 2. The summed E-state index contributed by atoms with van der Waals surface area (Å²) in [5.41, 5.74) is 8.20. The summed E-state index contributed by atoms with van der Waals surface area (Å²) in [6.45, 7) is 2.08. The van der Waals surface area contributed by atoms with Crippen molar-refractivity contribution in [1.29, 1.82) is 0 Å². The molecule has 110 valence electrons. The first-order valence-corrected chi connectivity index (χ1v) is 7.89. The molecule has 0 saturated carbocycles. The molecule has 0 heterocycles. The number of halogens is 2. The number of nitrogens with one attached hydrogen (secondary N) is 1. The van der Waals surface area contributed by atoms with E-state index in [0.717, 1.165) is 14.6 Å². The van der Waals surface area contributed by atoms with Crippen LogP contribution >= 0.6 is 31.9 Å². The maximum atomic E-state index is 12.0. The molecular formula is C15H14Br2N2O2. The Kier molecular flexibility index (Phi) is 5.25. The van der Waals surface area contributed by atoms with Crippen LogP contribution in [0.5, 0.6) is 0 Å². The second-order valence-corrected chi connectivity index (χ2v) is 5.92. The molecule has 0 radical (unpaired) electrons. The molecule has 0 unspecified atom stereocenters. The third-order valence-corrected chi connectivity index (χ3v) is 4.13. The number of carbonyl (C=O) groups excluding carboxylic acids is 1. The van der Waals surface area contributed by atoms with Crippen LogP contribution in [-0.2, 0) is 4.74 Å². The number of nitrogen functional groups attached to an aromatic ring is 1. The van der Waals surface area contributed by atoms with Crippen LogP contribution in [-0.4, -0.2) is 12.6 Å². The molecule has 0 aliphatic rings. The van der Waals surface area contributed by atoms with Gasteiger partial charge in [0.05, 0.1) is 29.2 Å². The Morgan fingerprint density at radius 2 is 1.76 bits per heavy atom. The lowest BCUT2D eigenvalue weighted by molar-refractivity contribution is 0.0527. The van der Waals surface area contributed by atoms with Gasteiger partial charge in [-0.15, -0.1) is 0 Å². The molecule has 0 amide bonds. The third kappa shape index (κ3) is 3.57. The standard InChI is InChI=1S/C15H14Br2N2O2/c1-2-21-15(20)9-5-3-8-12(18)13(9)19-14-10(16)6-4-7-11(14)17/h3-8,19H,2,18H2,1H3. The lowest BCUT2D eigenvalue weighted by atomic mass is 10.1. The van der Waals surface area contributed by atoms with Gasteiger partial charge in [0.2, 0.25) is 0 Å². The molecule has 0 aliphatic heterocycles. The van der Waals surface area contributed by atoms with Crippen LogP contribution in [0.1, 0.15) is 17.3 Å². The summed E-state index contributed by atoms with van der Waals surface area (Å²) in [5.74, 6) is -0.407. The molecule has 4 nitrogen and oxygen atoms in total. The summed E-state index contributed by atoms with van der Waals surface area (Å²) in [6, 6.07) is 10.8. The van der Waals surface area contributed by atoms with Crippen molar-refractivity contribution in [3.63, 3.8) is 0 Å². The molecule has 0 saturated heterocycles. The van der Waals surface area contributed by atoms with E-state index in [-0.39, 0.29) is 0 Å². The number of ether oxygens (including phenoxy) is 1. The van der Waals surface area contributed by atoms with E-state index in [4.69, 9.17) is 10.5 Å². The highest BCUT2D eigenvalue weighted by Gasteiger charge is 2.16. The average molecular weight is 414 g/mol. The minimum atomic E-state index is -0.407. The smallest absolute Gasteiger partial charge is 0.340 e. The largest absolute Gasteiger partial charge is 0.462 e. The number of hydrogen-bond donors (Lipinski definition) is 2. The summed E-state index contributed by atoms with van der Waals surface area (Å²) >= 11 is 6.94. The number of carbonyl (C=O) groups is 1. The SMILES string of the molecule is CCOC(=O)c1cccc(N)c1Nc1c(Br)cccc1Br. The van der Waals surface area contributed by atoms with Gasteiger partial charge < -0.3 is 15.8 Å². The predicted molar refractivity (Wildman–Crippen MR) is 91.9 cm³/mol. The molecule has 3 N–H and O–H groups in total. The first-order chi connectivity index (χ1) is 10.0. The van der Waals surface area contributed by atoms with Crippen LogP contribution < -0.4 is 11.1 Å². The van der Waals surface area contributed by atoms with Crippen LogP contribution in [0.3, 0.4) is 0 Å². The van der Waals surface area contributed by atoms with E-state index in [2.05, 4.69) is 37.2 Å². The van der Waals surface area contributed by atoms with Gasteiger partial charge in [-0.05, 0) is 63.0 Å². The van der Waals surface area contributed by atoms with Crippen LogP contribution in [0.15, 0.2) is 45.3 Å². The van der Waals surface area contributed by atoms with Gasteiger partial charge in [-0.25, -0.2) is 4.79 Å². The van der Waals surface area contributed by atoms with Gasteiger partial charge in [0, 0.05) is 8.95 Å². The first kappa shape index (κ1) is 15.9. The van der Waals surface area contributed by atoms with Gasteiger partial charge >= 0.3 is 5.97 Å². The fourth-order valence-corrected chi connectivity index (χ4v) is 3.03. The number of anilines is 3. The predicted octanol–water partition coefficient (Wildman–Crippen LogP) is 4.71. The van der Waals surface area contributed by atoms with E-state index < -0.39 is 5.97 Å². The highest BCUT2D eigenvalue weighted by atomic mass is 79.9. The van der Waals surface area contributed by atoms with Crippen molar-refractivity contribution in [2.45, 2.75) is 6.92 Å². The number of rotatable bonds is 4. The lowest BCUT2D eigenvalue weighted by Gasteiger charge is -2.16. The lowest BCUT2D eigenvalue weighted by Crippen LogP contribution is -2.10. The van der Waals surface area contributed by atoms with E-state index in [1.807, 2.05) is 18.2 Å². The second kappa shape index (κ2) is 6.95. The van der Waals surface area contributed by atoms with Crippen molar-refractivity contribution >= 4 is 54.9 Å². The maximum Gasteiger partial charge on any atom is 0.340 e. The Hall–Kier alpha value is -1.53. The van der Waals surface area contributed by atoms with Crippen molar-refractivity contribution in [3.05, 3.63) is 50.9 Å². The van der Waals surface area contributed by atoms with Gasteiger partial charge in [0.25, 0.3) is 0 Å². The molecule has 0 bridgehead atoms. The molecule has 0 atom stereocenters. The van der Waals surface area contributed by atoms with Crippen LogP contribution in [0.25, 0.3) is 0 Å². The monoisotopic (exact) mass is 412 g/mol. The number of nitrogens with two attached hydrogens (primary N) is 1. The molecule has 2 aromatic carbocycles.